The average molecular weight is 373 g/mol. The molecule has 5 heteroatoms. The van der Waals surface area contributed by atoms with Crippen molar-refractivity contribution < 1.29 is 17.3 Å². The van der Waals surface area contributed by atoms with E-state index in [9.17, 15) is 8.42 Å². The number of piperidine rings is 1. The van der Waals surface area contributed by atoms with Crippen LogP contribution in [0.4, 0.5) is 0 Å². The summed E-state index contributed by atoms with van der Waals surface area (Å²) in [6.07, 6.45) is 3.71. The fraction of sp³-hybridized carbons (Fsp3) is 0.333. The summed E-state index contributed by atoms with van der Waals surface area (Å²) in [5.74, 6) is 0.419. The van der Waals surface area contributed by atoms with Gasteiger partial charge in [-0.1, -0.05) is 58.4 Å². The van der Waals surface area contributed by atoms with Gasteiger partial charge in [0.25, 0.3) is 0 Å². The summed E-state index contributed by atoms with van der Waals surface area (Å²) in [4.78, 5) is 0.208. The summed E-state index contributed by atoms with van der Waals surface area (Å²) in [5.41, 5.74) is 2.09. The van der Waals surface area contributed by atoms with E-state index in [0.29, 0.717) is 25.6 Å². The zero-order valence-electron chi connectivity index (χ0n) is 15.2. The molecule has 0 atom stereocenters. The number of rotatable bonds is 6. The van der Waals surface area contributed by atoms with Crippen LogP contribution < -0.4 is 0 Å². The standard InChI is InChI=1S/C21H26NO3S/c1-3-19-13-15-22(16-14-19,17-20-7-5-4-6-8-20)25-26(23,24)21-11-9-18(2)10-12-21/h3-12,19H,1,13-17H2,2H3/q+1. The van der Waals surface area contributed by atoms with Crippen LogP contribution in [-0.4, -0.2) is 26.2 Å². The van der Waals surface area contributed by atoms with E-state index in [1.54, 1.807) is 24.3 Å². The summed E-state index contributed by atoms with van der Waals surface area (Å²) < 4.78 is 31.8. The molecule has 0 aromatic heterocycles. The average Bonchev–Trinajstić information content (AvgIpc) is 2.63. The molecule has 0 N–H and O–H groups in total. The Labute approximate surface area is 156 Å². The Bertz CT molecular complexity index is 837. The number of aryl methyl sites for hydroxylation is 1. The quantitative estimate of drug-likeness (QED) is 0.563. The first-order chi connectivity index (χ1) is 12.4. The topological polar surface area (TPSA) is 43.4 Å². The number of hydrogen-bond donors (Lipinski definition) is 0. The molecule has 1 aliphatic heterocycles. The molecule has 0 unspecified atom stereocenters. The van der Waals surface area contributed by atoms with Gasteiger partial charge in [-0.05, 0) is 25.0 Å². The Balaban J connectivity index is 1.88. The molecule has 0 spiro atoms. The van der Waals surface area contributed by atoms with Crippen LogP contribution in [-0.2, 0) is 20.9 Å². The SMILES string of the molecule is C=CC1CC[N+](Cc2ccccc2)(OS(=O)(=O)c2ccc(C)cc2)CC1. The van der Waals surface area contributed by atoms with Gasteiger partial charge >= 0.3 is 10.1 Å². The van der Waals surface area contributed by atoms with Crippen molar-refractivity contribution in [1.29, 1.82) is 0 Å². The predicted molar refractivity (Wildman–Crippen MR) is 103 cm³/mol. The van der Waals surface area contributed by atoms with E-state index in [0.717, 1.165) is 24.0 Å². The zero-order chi connectivity index (χ0) is 18.6. The number of hydroxylamine groups is 3. The highest BCUT2D eigenvalue weighted by Crippen LogP contribution is 2.30. The van der Waals surface area contributed by atoms with Crippen molar-refractivity contribution in [2.24, 2.45) is 5.92 Å². The Morgan fingerprint density at radius 1 is 1.08 bits per heavy atom. The van der Waals surface area contributed by atoms with E-state index < -0.39 is 10.1 Å². The van der Waals surface area contributed by atoms with Crippen LogP contribution in [0, 0.1) is 12.8 Å². The van der Waals surface area contributed by atoms with Crippen LogP contribution >= 0.6 is 0 Å². The molecule has 0 saturated carbocycles. The van der Waals surface area contributed by atoms with Crippen molar-refractivity contribution in [3.63, 3.8) is 0 Å². The Kier molecular flexibility index (Phi) is 5.61. The largest absolute Gasteiger partial charge is 0.342 e. The highest BCUT2D eigenvalue weighted by Gasteiger charge is 2.40. The van der Waals surface area contributed by atoms with Gasteiger partial charge in [-0.3, -0.25) is 0 Å². The normalized spacial score (nSPS) is 23.5. The van der Waals surface area contributed by atoms with Crippen LogP contribution in [0.2, 0.25) is 0 Å². The summed E-state index contributed by atoms with van der Waals surface area (Å²) in [6, 6.07) is 16.7. The van der Waals surface area contributed by atoms with Gasteiger partial charge in [0, 0.05) is 18.4 Å². The van der Waals surface area contributed by atoms with E-state index >= 15 is 0 Å². The molecule has 2 aromatic rings. The van der Waals surface area contributed by atoms with Gasteiger partial charge < -0.3 is 0 Å². The van der Waals surface area contributed by atoms with Gasteiger partial charge in [-0.25, -0.2) is 0 Å². The van der Waals surface area contributed by atoms with Gasteiger partial charge in [0.05, 0.1) is 4.90 Å². The van der Waals surface area contributed by atoms with Crippen molar-refractivity contribution in [1.82, 2.24) is 0 Å². The number of benzene rings is 2. The molecule has 0 aliphatic carbocycles. The van der Waals surface area contributed by atoms with E-state index in [1.165, 1.54) is 0 Å². The van der Waals surface area contributed by atoms with E-state index in [1.807, 2.05) is 43.3 Å². The Hall–Kier alpha value is -1.95. The predicted octanol–water partition coefficient (Wildman–Crippen LogP) is 4.23. The van der Waals surface area contributed by atoms with Gasteiger partial charge in [-0.15, -0.1) is 6.58 Å². The zero-order valence-corrected chi connectivity index (χ0v) is 16.0. The van der Waals surface area contributed by atoms with E-state index in [2.05, 4.69) is 6.58 Å². The fourth-order valence-electron chi connectivity index (χ4n) is 3.43. The summed E-state index contributed by atoms with van der Waals surface area (Å²) >= 11 is 0. The minimum atomic E-state index is -3.83. The molecular formula is C21H26NO3S+. The Morgan fingerprint density at radius 3 is 2.27 bits per heavy atom. The maximum absolute atomic E-state index is 12.9. The summed E-state index contributed by atoms with van der Waals surface area (Å²) in [5, 5.41) is 0. The minimum absolute atomic E-state index is 0.102. The van der Waals surface area contributed by atoms with Gasteiger partial charge in [0.2, 0.25) is 0 Å². The number of hydrogen-bond acceptors (Lipinski definition) is 3. The third-order valence-electron chi connectivity index (χ3n) is 5.03. The lowest BCUT2D eigenvalue weighted by Gasteiger charge is -2.39. The van der Waals surface area contributed by atoms with Gasteiger partial charge in [-0.2, -0.15) is 13.1 Å². The number of likely N-dealkylation sites (tertiary alicyclic amines) is 1. The molecule has 0 radical (unpaired) electrons. The van der Waals surface area contributed by atoms with Gasteiger partial charge in [0.1, 0.15) is 19.6 Å². The molecule has 3 rings (SSSR count). The second-order valence-electron chi connectivity index (χ2n) is 7.06. The first-order valence-electron chi connectivity index (χ1n) is 8.98. The van der Waals surface area contributed by atoms with E-state index in [-0.39, 0.29) is 9.54 Å². The lowest BCUT2D eigenvalue weighted by atomic mass is 9.96. The number of quaternary nitrogens is 1. The van der Waals surface area contributed by atoms with Crippen LogP contribution in [0.25, 0.3) is 0 Å². The maximum Gasteiger partial charge on any atom is 0.342 e. The van der Waals surface area contributed by atoms with Crippen molar-refractivity contribution in [3.05, 3.63) is 78.4 Å². The minimum Gasteiger partial charge on any atom is -0.189 e. The summed E-state index contributed by atoms with van der Waals surface area (Å²) in [7, 11) is -3.83. The molecule has 2 aromatic carbocycles. The van der Waals surface area contributed by atoms with Crippen molar-refractivity contribution >= 4 is 10.1 Å². The first kappa shape index (κ1) is 18.8. The van der Waals surface area contributed by atoms with Crippen molar-refractivity contribution in [3.8, 4) is 0 Å². The monoisotopic (exact) mass is 372 g/mol. The third-order valence-corrected chi connectivity index (χ3v) is 6.39. The fourth-order valence-corrected chi connectivity index (χ4v) is 4.60. The first-order valence-corrected chi connectivity index (χ1v) is 10.4. The van der Waals surface area contributed by atoms with Crippen LogP contribution in [0.15, 0.2) is 72.1 Å². The van der Waals surface area contributed by atoms with Crippen LogP contribution in [0.5, 0.6) is 0 Å². The number of nitrogens with zero attached hydrogens (tertiary/aromatic N) is 1. The van der Waals surface area contributed by atoms with Gasteiger partial charge in [0.15, 0.2) is 0 Å². The molecule has 26 heavy (non-hydrogen) atoms. The molecule has 1 aliphatic rings. The van der Waals surface area contributed by atoms with Crippen LogP contribution in [0.1, 0.15) is 24.0 Å². The van der Waals surface area contributed by atoms with E-state index in [4.69, 9.17) is 4.28 Å². The molecule has 138 valence electrons. The molecule has 0 bridgehead atoms. The molecule has 1 saturated heterocycles. The maximum atomic E-state index is 12.9. The highest BCUT2D eigenvalue weighted by molar-refractivity contribution is 7.86. The molecule has 0 amide bonds. The smallest absolute Gasteiger partial charge is 0.189 e. The molecule has 1 heterocycles. The molecular weight excluding hydrogens is 346 g/mol. The van der Waals surface area contributed by atoms with Crippen LogP contribution in [0.3, 0.4) is 0 Å². The van der Waals surface area contributed by atoms with Crippen molar-refractivity contribution in [2.45, 2.75) is 31.2 Å². The Morgan fingerprint density at radius 2 is 1.69 bits per heavy atom. The second kappa shape index (κ2) is 7.74. The lowest BCUT2D eigenvalue weighted by Crippen LogP contribution is -2.53. The van der Waals surface area contributed by atoms with Crippen molar-refractivity contribution in [2.75, 3.05) is 13.1 Å². The summed E-state index contributed by atoms with van der Waals surface area (Å²) in [6.45, 7) is 7.65. The molecule has 1 fully saturated rings. The lowest BCUT2D eigenvalue weighted by molar-refractivity contribution is -1.09. The molecule has 4 nitrogen and oxygen atoms in total. The number of allylic oxidation sites excluding steroid dienone is 1. The third kappa shape index (κ3) is 4.41. The second-order valence-corrected chi connectivity index (χ2v) is 8.59. The highest BCUT2D eigenvalue weighted by atomic mass is 32.2.